The second-order valence-electron chi connectivity index (χ2n) is 3.27. The van der Waals surface area contributed by atoms with Crippen molar-refractivity contribution < 1.29 is 9.59 Å². The van der Waals surface area contributed by atoms with Crippen molar-refractivity contribution >= 4 is 11.8 Å². The minimum absolute atomic E-state index is 0.129. The van der Waals surface area contributed by atoms with Gasteiger partial charge in [-0.3, -0.25) is 15.0 Å². The highest BCUT2D eigenvalue weighted by atomic mass is 16.2. The molecule has 2 amide bonds. The fraction of sp³-hybridized carbons (Fsp3) is 0.167. The van der Waals surface area contributed by atoms with Crippen molar-refractivity contribution in [2.45, 2.75) is 6.92 Å². The maximum atomic E-state index is 11.2. The molecule has 1 aromatic carbocycles. The molecule has 1 aromatic rings. The van der Waals surface area contributed by atoms with Gasteiger partial charge in [-0.2, -0.15) is 0 Å². The predicted molar refractivity (Wildman–Crippen MR) is 63.7 cm³/mol. The molecular weight excluding hydrogens is 218 g/mol. The first-order chi connectivity index (χ1) is 8.13. The largest absolute Gasteiger partial charge is 0.345 e. The van der Waals surface area contributed by atoms with Gasteiger partial charge < -0.3 is 5.32 Å². The Labute approximate surface area is 99.4 Å². The van der Waals surface area contributed by atoms with Gasteiger partial charge in [-0.05, 0) is 18.2 Å². The zero-order valence-electron chi connectivity index (χ0n) is 9.41. The van der Waals surface area contributed by atoms with Crippen molar-refractivity contribution in [3.63, 3.8) is 0 Å². The highest BCUT2D eigenvalue weighted by Crippen LogP contribution is 2.03. The maximum absolute atomic E-state index is 11.2. The monoisotopic (exact) mass is 231 g/mol. The van der Waals surface area contributed by atoms with Crippen LogP contribution in [0, 0.1) is 11.8 Å². The Balaban J connectivity index is 2.71. The fourth-order valence-corrected chi connectivity index (χ4v) is 1.14. The Morgan fingerprint density at radius 3 is 2.82 bits per heavy atom. The summed E-state index contributed by atoms with van der Waals surface area (Å²) in [4.78, 5) is 21.8. The average molecular weight is 231 g/mol. The summed E-state index contributed by atoms with van der Waals surface area (Å²) in [5.74, 6) is 10.1. The van der Waals surface area contributed by atoms with Crippen LogP contribution in [0.2, 0.25) is 0 Å². The van der Waals surface area contributed by atoms with Crippen molar-refractivity contribution in [1.29, 1.82) is 0 Å². The van der Waals surface area contributed by atoms with E-state index in [1.807, 2.05) is 5.43 Å². The molecule has 0 unspecified atom stereocenters. The molecule has 4 N–H and O–H groups in total. The summed E-state index contributed by atoms with van der Waals surface area (Å²) in [6.45, 7) is 1.70. The Bertz CT molecular complexity index is 486. The van der Waals surface area contributed by atoms with Crippen LogP contribution in [-0.2, 0) is 4.79 Å². The molecule has 5 nitrogen and oxygen atoms in total. The van der Waals surface area contributed by atoms with Gasteiger partial charge in [0.05, 0.1) is 6.54 Å². The third kappa shape index (κ3) is 4.36. The summed E-state index contributed by atoms with van der Waals surface area (Å²) in [6, 6.07) is 6.76. The average Bonchev–Trinajstić information content (AvgIpc) is 2.34. The summed E-state index contributed by atoms with van der Waals surface area (Å²) in [6.07, 6.45) is 0. The second kappa shape index (κ2) is 6.30. The molecular formula is C12H13N3O2. The van der Waals surface area contributed by atoms with Crippen LogP contribution in [0.25, 0.3) is 0 Å². The lowest BCUT2D eigenvalue weighted by Gasteiger charge is -1.99. The first-order valence-corrected chi connectivity index (χ1v) is 4.98. The third-order valence-corrected chi connectivity index (χ3v) is 1.91. The molecule has 0 radical (unpaired) electrons. The highest BCUT2D eigenvalue weighted by Gasteiger charge is 2.02. The fourth-order valence-electron chi connectivity index (χ4n) is 1.14. The van der Waals surface area contributed by atoms with Crippen molar-refractivity contribution in [1.82, 2.24) is 10.7 Å². The van der Waals surface area contributed by atoms with E-state index in [0.29, 0.717) is 11.1 Å². The molecule has 0 saturated carbocycles. The summed E-state index contributed by atoms with van der Waals surface area (Å²) in [7, 11) is 0. The number of carbonyl (C=O) groups is 2. The van der Waals surface area contributed by atoms with E-state index in [-0.39, 0.29) is 18.4 Å². The molecule has 0 heterocycles. The van der Waals surface area contributed by atoms with Crippen molar-refractivity contribution in [2.24, 2.45) is 5.84 Å². The van der Waals surface area contributed by atoms with E-state index in [1.165, 1.54) is 6.92 Å². The number of rotatable bonds is 2. The number of hydrazine groups is 1. The SMILES string of the molecule is CC(=O)NCC#Cc1cccc(C(=O)NN)c1. The van der Waals surface area contributed by atoms with Gasteiger partial charge in [0.1, 0.15) is 0 Å². The van der Waals surface area contributed by atoms with Gasteiger partial charge in [0.2, 0.25) is 5.91 Å². The van der Waals surface area contributed by atoms with Crippen LogP contribution in [0.4, 0.5) is 0 Å². The lowest BCUT2D eigenvalue weighted by Crippen LogP contribution is -2.29. The van der Waals surface area contributed by atoms with Gasteiger partial charge in [-0.25, -0.2) is 5.84 Å². The molecule has 17 heavy (non-hydrogen) atoms. The molecule has 0 saturated heterocycles. The molecule has 0 bridgehead atoms. The van der Waals surface area contributed by atoms with Gasteiger partial charge >= 0.3 is 0 Å². The number of nitrogen functional groups attached to an aromatic ring is 1. The number of hydrogen-bond acceptors (Lipinski definition) is 3. The Morgan fingerprint density at radius 2 is 2.18 bits per heavy atom. The van der Waals surface area contributed by atoms with Gasteiger partial charge in [0.15, 0.2) is 0 Å². The van der Waals surface area contributed by atoms with E-state index in [2.05, 4.69) is 17.2 Å². The highest BCUT2D eigenvalue weighted by molar-refractivity contribution is 5.94. The van der Waals surface area contributed by atoms with Crippen LogP contribution < -0.4 is 16.6 Å². The molecule has 88 valence electrons. The van der Waals surface area contributed by atoms with Crippen molar-refractivity contribution in [3.05, 3.63) is 35.4 Å². The van der Waals surface area contributed by atoms with Crippen LogP contribution in [0.15, 0.2) is 24.3 Å². The number of nitrogens with one attached hydrogen (secondary N) is 2. The van der Waals surface area contributed by atoms with Gasteiger partial charge in [-0.15, -0.1) is 0 Å². The van der Waals surface area contributed by atoms with Crippen LogP contribution >= 0.6 is 0 Å². The minimum atomic E-state index is -0.365. The molecule has 0 spiro atoms. The van der Waals surface area contributed by atoms with Gasteiger partial charge in [-0.1, -0.05) is 17.9 Å². The lowest BCUT2D eigenvalue weighted by molar-refractivity contribution is -0.118. The summed E-state index contributed by atoms with van der Waals surface area (Å²) in [5.41, 5.74) is 3.18. The normalized spacial score (nSPS) is 8.82. The van der Waals surface area contributed by atoms with Crippen LogP contribution in [0.3, 0.4) is 0 Å². The minimum Gasteiger partial charge on any atom is -0.345 e. The summed E-state index contributed by atoms with van der Waals surface area (Å²) >= 11 is 0. The topological polar surface area (TPSA) is 84.2 Å². The van der Waals surface area contributed by atoms with E-state index in [1.54, 1.807) is 24.3 Å². The number of hydrogen-bond donors (Lipinski definition) is 3. The van der Waals surface area contributed by atoms with Crippen LogP contribution in [0.1, 0.15) is 22.8 Å². The van der Waals surface area contributed by atoms with E-state index >= 15 is 0 Å². The van der Waals surface area contributed by atoms with Gasteiger partial charge in [0.25, 0.3) is 5.91 Å². The van der Waals surface area contributed by atoms with E-state index in [4.69, 9.17) is 5.84 Å². The molecule has 0 atom stereocenters. The van der Waals surface area contributed by atoms with E-state index in [9.17, 15) is 9.59 Å². The van der Waals surface area contributed by atoms with Crippen LogP contribution in [0.5, 0.6) is 0 Å². The van der Waals surface area contributed by atoms with Crippen molar-refractivity contribution in [3.8, 4) is 11.8 Å². The Hall–Kier alpha value is -2.32. The molecule has 0 aliphatic rings. The van der Waals surface area contributed by atoms with Crippen LogP contribution in [-0.4, -0.2) is 18.4 Å². The molecule has 0 aliphatic carbocycles. The number of nitrogens with two attached hydrogens (primary N) is 1. The number of amides is 2. The standard InChI is InChI=1S/C12H13N3O2/c1-9(16)14-7-3-5-10-4-2-6-11(8-10)12(17)15-13/h2,4,6,8H,7,13H2,1H3,(H,14,16)(H,15,17). The lowest BCUT2D eigenvalue weighted by atomic mass is 10.1. The Morgan fingerprint density at radius 1 is 1.41 bits per heavy atom. The predicted octanol–water partition coefficient (Wildman–Crippen LogP) is -0.222. The number of carbonyl (C=O) groups excluding carboxylic acids is 2. The third-order valence-electron chi connectivity index (χ3n) is 1.91. The quantitative estimate of drug-likeness (QED) is 0.285. The molecule has 1 rings (SSSR count). The second-order valence-corrected chi connectivity index (χ2v) is 3.27. The van der Waals surface area contributed by atoms with E-state index in [0.717, 1.165) is 0 Å². The number of benzene rings is 1. The van der Waals surface area contributed by atoms with Crippen molar-refractivity contribution in [2.75, 3.05) is 6.54 Å². The molecule has 0 aliphatic heterocycles. The maximum Gasteiger partial charge on any atom is 0.265 e. The zero-order chi connectivity index (χ0) is 12.7. The summed E-state index contributed by atoms with van der Waals surface area (Å²) in [5, 5.41) is 2.55. The zero-order valence-corrected chi connectivity index (χ0v) is 9.41. The molecule has 0 fully saturated rings. The Kier molecular flexibility index (Phi) is 4.73. The van der Waals surface area contributed by atoms with E-state index < -0.39 is 0 Å². The van der Waals surface area contributed by atoms with Gasteiger partial charge in [0, 0.05) is 18.1 Å². The molecule has 0 aromatic heterocycles. The first-order valence-electron chi connectivity index (χ1n) is 4.98. The smallest absolute Gasteiger partial charge is 0.265 e. The molecule has 5 heteroatoms. The summed E-state index contributed by atoms with van der Waals surface area (Å²) < 4.78 is 0. The first kappa shape index (κ1) is 12.7.